The van der Waals surface area contributed by atoms with Crippen LogP contribution in [0.4, 0.5) is 5.69 Å². The molecule has 0 aromatic heterocycles. The number of hydrogen-bond donors (Lipinski definition) is 0. The highest BCUT2D eigenvalue weighted by molar-refractivity contribution is 6.35. The van der Waals surface area contributed by atoms with Crippen LogP contribution < -0.4 is 4.90 Å². The lowest BCUT2D eigenvalue weighted by Gasteiger charge is -2.44. The summed E-state index contributed by atoms with van der Waals surface area (Å²) in [4.78, 5) is 43.0. The van der Waals surface area contributed by atoms with E-state index in [4.69, 9.17) is 0 Å². The molecule has 0 N–H and O–H groups in total. The van der Waals surface area contributed by atoms with Crippen molar-refractivity contribution >= 4 is 23.4 Å². The van der Waals surface area contributed by atoms with Crippen molar-refractivity contribution in [3.8, 4) is 0 Å². The third-order valence-corrected chi connectivity index (χ3v) is 7.24. The SMILES string of the molecule is Cc1ccc(C)c(N2C(=O)c3ccc(C(=O)N4CCC[C@@H]5CCCC[C@@H]54)cc3C2=O)c1. The minimum Gasteiger partial charge on any atom is -0.335 e. The van der Waals surface area contributed by atoms with Crippen molar-refractivity contribution < 1.29 is 14.4 Å². The Bertz CT molecular complexity index is 1090. The predicted octanol–water partition coefficient (Wildman–Crippen LogP) is 4.90. The number of imide groups is 1. The van der Waals surface area contributed by atoms with Crippen molar-refractivity contribution in [2.24, 2.45) is 5.92 Å². The largest absolute Gasteiger partial charge is 0.335 e. The number of benzene rings is 2. The number of anilines is 1. The number of likely N-dealkylation sites (tertiary alicyclic amines) is 1. The molecule has 0 radical (unpaired) electrons. The maximum absolute atomic E-state index is 13.4. The third-order valence-electron chi connectivity index (χ3n) is 7.24. The maximum atomic E-state index is 13.4. The van der Waals surface area contributed by atoms with Crippen molar-refractivity contribution in [3.05, 3.63) is 64.2 Å². The van der Waals surface area contributed by atoms with E-state index < -0.39 is 0 Å². The van der Waals surface area contributed by atoms with Gasteiger partial charge in [0.15, 0.2) is 0 Å². The standard InChI is InChI=1S/C26H28N2O3/c1-16-9-10-17(2)23(14-16)28-25(30)20-12-11-19(15-21(20)26(28)31)24(29)27-13-5-7-18-6-3-4-8-22(18)27/h9-12,14-15,18,22H,3-8,13H2,1-2H3/t18-,22-/m0/s1. The second-order valence-corrected chi connectivity index (χ2v) is 9.25. The van der Waals surface area contributed by atoms with Gasteiger partial charge in [0, 0.05) is 18.2 Å². The molecule has 5 heteroatoms. The van der Waals surface area contributed by atoms with E-state index in [0.717, 1.165) is 30.5 Å². The smallest absolute Gasteiger partial charge is 0.266 e. The number of nitrogens with zero attached hydrogens (tertiary/aromatic N) is 2. The Balaban J connectivity index is 1.46. The van der Waals surface area contributed by atoms with Gasteiger partial charge in [-0.15, -0.1) is 0 Å². The highest BCUT2D eigenvalue weighted by Gasteiger charge is 2.40. The van der Waals surface area contributed by atoms with E-state index >= 15 is 0 Å². The lowest BCUT2D eigenvalue weighted by molar-refractivity contribution is 0.0390. The molecule has 0 spiro atoms. The van der Waals surface area contributed by atoms with E-state index in [1.165, 1.54) is 30.6 Å². The number of carbonyl (C=O) groups excluding carboxylic acids is 3. The average molecular weight is 417 g/mol. The minimum atomic E-state index is -0.350. The van der Waals surface area contributed by atoms with E-state index in [-0.39, 0.29) is 17.7 Å². The summed E-state index contributed by atoms with van der Waals surface area (Å²) in [5, 5.41) is 0. The molecule has 1 saturated heterocycles. The first-order valence-corrected chi connectivity index (χ1v) is 11.4. The van der Waals surface area contributed by atoms with E-state index in [2.05, 4.69) is 0 Å². The van der Waals surface area contributed by atoms with Crippen molar-refractivity contribution in [3.63, 3.8) is 0 Å². The second kappa shape index (κ2) is 7.63. The molecule has 2 aliphatic heterocycles. The highest BCUT2D eigenvalue weighted by Crippen LogP contribution is 2.37. The van der Waals surface area contributed by atoms with Crippen LogP contribution in [0.5, 0.6) is 0 Å². The van der Waals surface area contributed by atoms with Crippen LogP contribution in [0, 0.1) is 19.8 Å². The topological polar surface area (TPSA) is 57.7 Å². The van der Waals surface area contributed by atoms with Gasteiger partial charge in [-0.1, -0.05) is 25.0 Å². The molecule has 5 rings (SSSR count). The summed E-state index contributed by atoms with van der Waals surface area (Å²) in [5.74, 6) is -0.0794. The average Bonchev–Trinajstić information content (AvgIpc) is 3.04. The van der Waals surface area contributed by atoms with Crippen molar-refractivity contribution in [2.45, 2.75) is 58.4 Å². The summed E-state index contributed by atoms with van der Waals surface area (Å²) in [7, 11) is 0. The number of rotatable bonds is 2. The van der Waals surface area contributed by atoms with Gasteiger partial charge in [0.25, 0.3) is 17.7 Å². The molecule has 5 nitrogen and oxygen atoms in total. The molecule has 31 heavy (non-hydrogen) atoms. The third kappa shape index (κ3) is 3.27. The Morgan fingerprint density at radius 3 is 2.45 bits per heavy atom. The summed E-state index contributed by atoms with van der Waals surface area (Å²) in [5.41, 5.74) is 3.67. The van der Waals surface area contributed by atoms with Crippen molar-refractivity contribution in [1.82, 2.24) is 4.90 Å². The van der Waals surface area contributed by atoms with E-state index in [1.54, 1.807) is 18.2 Å². The highest BCUT2D eigenvalue weighted by atomic mass is 16.2. The Hall–Kier alpha value is -2.95. The molecule has 2 aromatic rings. The van der Waals surface area contributed by atoms with E-state index in [9.17, 15) is 14.4 Å². The lowest BCUT2D eigenvalue weighted by atomic mass is 9.78. The van der Waals surface area contributed by atoms with Crippen LogP contribution in [0.2, 0.25) is 0 Å². The minimum absolute atomic E-state index is 0.00941. The zero-order chi connectivity index (χ0) is 21.7. The Labute approximate surface area is 183 Å². The molecule has 1 aliphatic carbocycles. The van der Waals surface area contributed by atoms with E-state index in [1.807, 2.05) is 36.9 Å². The number of fused-ring (bicyclic) bond motifs is 2. The van der Waals surface area contributed by atoms with Gasteiger partial charge < -0.3 is 4.90 Å². The molecule has 3 aliphatic rings. The van der Waals surface area contributed by atoms with Crippen LogP contribution in [0.15, 0.2) is 36.4 Å². The zero-order valence-corrected chi connectivity index (χ0v) is 18.2. The van der Waals surface area contributed by atoms with Crippen LogP contribution in [-0.2, 0) is 0 Å². The molecule has 3 amide bonds. The molecular weight excluding hydrogens is 388 g/mol. The lowest BCUT2D eigenvalue weighted by Crippen LogP contribution is -2.49. The van der Waals surface area contributed by atoms with Gasteiger partial charge in [0.1, 0.15) is 0 Å². The number of hydrogen-bond acceptors (Lipinski definition) is 3. The van der Waals surface area contributed by atoms with Crippen molar-refractivity contribution in [2.75, 3.05) is 11.4 Å². The van der Waals surface area contributed by atoms with Gasteiger partial charge in [-0.25, -0.2) is 4.90 Å². The first kappa shape index (κ1) is 20.0. The number of amides is 3. The van der Waals surface area contributed by atoms with Gasteiger partial charge in [-0.3, -0.25) is 14.4 Å². The molecule has 2 atom stereocenters. The van der Waals surface area contributed by atoms with Crippen LogP contribution in [0.25, 0.3) is 0 Å². The maximum Gasteiger partial charge on any atom is 0.266 e. The fourth-order valence-electron chi connectivity index (χ4n) is 5.60. The second-order valence-electron chi connectivity index (χ2n) is 9.25. The molecule has 1 saturated carbocycles. The summed E-state index contributed by atoms with van der Waals surface area (Å²) in [6.45, 7) is 4.61. The predicted molar refractivity (Wildman–Crippen MR) is 120 cm³/mol. The molecule has 2 aromatic carbocycles. The molecule has 2 fully saturated rings. The van der Waals surface area contributed by atoms with Gasteiger partial charge in [0.05, 0.1) is 16.8 Å². The Morgan fingerprint density at radius 1 is 0.871 bits per heavy atom. The molecule has 160 valence electrons. The van der Waals surface area contributed by atoms with Gasteiger partial charge in [-0.05, 0) is 80.8 Å². The number of piperidine rings is 1. The molecular formula is C26H28N2O3. The Kier molecular flexibility index (Phi) is 4.92. The summed E-state index contributed by atoms with van der Waals surface area (Å²) in [6.07, 6.45) is 6.95. The quantitative estimate of drug-likeness (QED) is 0.655. The normalized spacial score (nSPS) is 23.0. The first-order chi connectivity index (χ1) is 15.0. The van der Waals surface area contributed by atoms with Crippen LogP contribution >= 0.6 is 0 Å². The zero-order valence-electron chi connectivity index (χ0n) is 18.2. The van der Waals surface area contributed by atoms with Gasteiger partial charge in [0.2, 0.25) is 0 Å². The Morgan fingerprint density at radius 2 is 1.61 bits per heavy atom. The van der Waals surface area contributed by atoms with E-state index in [0.29, 0.717) is 34.3 Å². The molecule has 2 heterocycles. The number of aryl methyl sites for hydroxylation is 2. The van der Waals surface area contributed by atoms with Crippen LogP contribution in [0.1, 0.15) is 80.7 Å². The summed E-state index contributed by atoms with van der Waals surface area (Å²) in [6, 6.07) is 11.1. The fourth-order valence-corrected chi connectivity index (χ4v) is 5.60. The molecule has 0 unspecified atom stereocenters. The van der Waals surface area contributed by atoms with Crippen LogP contribution in [0.3, 0.4) is 0 Å². The van der Waals surface area contributed by atoms with Crippen molar-refractivity contribution in [1.29, 1.82) is 0 Å². The van der Waals surface area contributed by atoms with Gasteiger partial charge >= 0.3 is 0 Å². The van der Waals surface area contributed by atoms with Gasteiger partial charge in [-0.2, -0.15) is 0 Å². The van der Waals surface area contributed by atoms with Crippen LogP contribution in [-0.4, -0.2) is 35.2 Å². The monoisotopic (exact) mass is 416 g/mol. The summed E-state index contributed by atoms with van der Waals surface area (Å²) >= 11 is 0. The fraction of sp³-hybridized carbons (Fsp3) is 0.423. The first-order valence-electron chi connectivity index (χ1n) is 11.4. The number of carbonyl (C=O) groups is 3. The molecule has 0 bridgehead atoms. The summed E-state index contributed by atoms with van der Waals surface area (Å²) < 4.78 is 0.